The highest BCUT2D eigenvalue weighted by Gasteiger charge is 2.15. The molecule has 0 radical (unpaired) electrons. The minimum absolute atomic E-state index is 0.230. The Morgan fingerprint density at radius 2 is 0.909 bits per heavy atom. The van der Waals surface area contributed by atoms with Gasteiger partial charge in [-0.05, 0) is 57.9 Å². The van der Waals surface area contributed by atoms with Crippen LogP contribution in [0.5, 0.6) is 0 Å². The van der Waals surface area contributed by atoms with Gasteiger partial charge < -0.3 is 10.6 Å². The number of nitrogens with zero attached hydrogens (tertiary/aromatic N) is 4. The van der Waals surface area contributed by atoms with Crippen LogP contribution in [-0.4, -0.2) is 30.5 Å². The zero-order valence-corrected chi connectivity index (χ0v) is 24.4. The van der Waals surface area contributed by atoms with Crippen LogP contribution in [-0.2, 0) is 0 Å². The third-order valence-electron chi connectivity index (χ3n) is 6.76. The zero-order chi connectivity index (χ0) is 29.9. The van der Waals surface area contributed by atoms with Crippen LogP contribution in [0.3, 0.4) is 0 Å². The predicted octanol–water partition coefficient (Wildman–Crippen LogP) is 7.69. The fourth-order valence-electron chi connectivity index (χ4n) is 4.72. The monoisotopic (exact) mass is 614 g/mol. The molecule has 0 aliphatic carbocycles. The fraction of sp³-hybridized carbons (Fsp3) is 0. The number of carbonyl (C=O) groups excluding carboxylic acids is 2. The lowest BCUT2D eigenvalue weighted by Crippen LogP contribution is -2.13. The Balaban J connectivity index is 0.956. The maximum absolute atomic E-state index is 12.9. The molecule has 214 valence electrons. The van der Waals surface area contributed by atoms with Crippen molar-refractivity contribution < 1.29 is 9.59 Å². The average molecular weight is 615 g/mol. The van der Waals surface area contributed by atoms with Gasteiger partial charge in [-0.2, -0.15) is 18.7 Å². The van der Waals surface area contributed by atoms with E-state index in [-0.39, 0.29) is 23.7 Å². The van der Waals surface area contributed by atoms with Crippen LogP contribution in [0.2, 0.25) is 0 Å². The quantitative estimate of drug-likeness (QED) is 0.137. The van der Waals surface area contributed by atoms with Crippen molar-refractivity contribution in [3.8, 4) is 0 Å². The Kier molecular flexibility index (Phi) is 7.32. The number of hydrogen-bond donors (Lipinski definition) is 4. The van der Waals surface area contributed by atoms with E-state index in [9.17, 15) is 9.59 Å². The smallest absolute Gasteiger partial charge is 0.258 e. The van der Waals surface area contributed by atoms with Gasteiger partial charge in [0.2, 0.25) is 22.2 Å². The van der Waals surface area contributed by atoms with Gasteiger partial charge in [0.15, 0.2) is 0 Å². The zero-order valence-electron chi connectivity index (χ0n) is 22.8. The average Bonchev–Trinajstić information content (AvgIpc) is 3.69. The van der Waals surface area contributed by atoms with Crippen LogP contribution in [0.15, 0.2) is 109 Å². The largest absolute Gasteiger partial charge is 0.330 e. The summed E-state index contributed by atoms with van der Waals surface area (Å²) in [5, 5.41) is 16.8. The molecule has 7 aromatic rings. The van der Waals surface area contributed by atoms with Crippen LogP contribution in [0.25, 0.3) is 21.5 Å². The van der Waals surface area contributed by atoms with E-state index in [0.717, 1.165) is 56.0 Å². The highest BCUT2D eigenvalue weighted by atomic mass is 32.1. The number of fused-ring (bicyclic) bond motifs is 2. The first-order valence-corrected chi connectivity index (χ1v) is 15.0. The van der Waals surface area contributed by atoms with Crippen molar-refractivity contribution >= 4 is 90.0 Å². The molecule has 2 aromatic heterocycles. The van der Waals surface area contributed by atoms with E-state index in [1.807, 2.05) is 97.1 Å². The Labute approximate surface area is 259 Å². The second-order valence-corrected chi connectivity index (χ2v) is 11.1. The van der Waals surface area contributed by atoms with Crippen molar-refractivity contribution in [2.75, 3.05) is 21.3 Å². The van der Waals surface area contributed by atoms with E-state index in [4.69, 9.17) is 0 Å². The van der Waals surface area contributed by atoms with Gasteiger partial charge in [-0.1, -0.05) is 72.8 Å². The maximum Gasteiger partial charge on any atom is 0.258 e. The first-order chi connectivity index (χ1) is 21.6. The number of benzene rings is 5. The molecule has 0 fully saturated rings. The number of amides is 2. The number of anilines is 6. The van der Waals surface area contributed by atoms with Gasteiger partial charge in [0.05, 0.1) is 0 Å². The molecule has 7 rings (SSSR count). The molecule has 4 N–H and O–H groups in total. The van der Waals surface area contributed by atoms with E-state index in [1.54, 1.807) is 12.1 Å². The molecule has 5 aromatic carbocycles. The van der Waals surface area contributed by atoms with Gasteiger partial charge in [0, 0.05) is 45.6 Å². The molecule has 10 nitrogen and oxygen atoms in total. The lowest BCUT2D eigenvalue weighted by Gasteiger charge is -2.06. The van der Waals surface area contributed by atoms with Crippen LogP contribution >= 0.6 is 23.1 Å². The summed E-state index contributed by atoms with van der Waals surface area (Å²) in [5.41, 5.74) is 2.70. The minimum atomic E-state index is -0.269. The van der Waals surface area contributed by atoms with Crippen LogP contribution < -0.4 is 21.3 Å². The number of nitrogens with one attached hydrogen (secondary N) is 4. The number of rotatable bonds is 8. The van der Waals surface area contributed by atoms with Crippen molar-refractivity contribution in [1.82, 2.24) is 18.7 Å². The van der Waals surface area contributed by atoms with Crippen molar-refractivity contribution in [2.45, 2.75) is 0 Å². The summed E-state index contributed by atoms with van der Waals surface area (Å²) in [6.07, 6.45) is 0. The topological polar surface area (TPSA) is 134 Å². The number of aromatic nitrogens is 4. The lowest BCUT2D eigenvalue weighted by atomic mass is 10.0. The second-order valence-electron chi connectivity index (χ2n) is 9.64. The minimum Gasteiger partial charge on any atom is -0.330 e. The predicted molar refractivity (Wildman–Crippen MR) is 177 cm³/mol. The van der Waals surface area contributed by atoms with E-state index in [1.165, 1.54) is 0 Å². The molecule has 0 saturated carbocycles. The standard InChI is InChI=1S/C32H22N8O2S2/c41-27(25-13-5-9-19-7-1-3-11-23(19)25)35-29-37-31(43-39-29)33-21-15-17-22(18-16-21)34-32-38-30(40-44-32)36-28(42)26-14-6-10-20-8-2-4-12-24(20)26/h1-18H,(H2,33,35,37,39,41)(H2,34,36,38,40,42). The first-order valence-electron chi connectivity index (χ1n) is 13.5. The molecule has 0 aliphatic heterocycles. The lowest BCUT2D eigenvalue weighted by molar-refractivity contribution is 0.101. The summed E-state index contributed by atoms with van der Waals surface area (Å²) in [7, 11) is 0. The van der Waals surface area contributed by atoms with Gasteiger partial charge >= 0.3 is 0 Å². The summed E-state index contributed by atoms with van der Waals surface area (Å²) in [6.45, 7) is 0. The Morgan fingerprint density at radius 3 is 1.36 bits per heavy atom. The molecule has 0 spiro atoms. The van der Waals surface area contributed by atoms with Gasteiger partial charge in [-0.15, -0.1) is 0 Å². The molecular weight excluding hydrogens is 593 g/mol. The van der Waals surface area contributed by atoms with Crippen molar-refractivity contribution in [3.05, 3.63) is 120 Å². The maximum atomic E-state index is 12.9. The Hall–Kier alpha value is -5.72. The normalized spacial score (nSPS) is 10.9. The molecular formula is C32H22N8O2S2. The Morgan fingerprint density at radius 1 is 0.500 bits per heavy atom. The van der Waals surface area contributed by atoms with Crippen LogP contribution in [0.1, 0.15) is 20.7 Å². The van der Waals surface area contributed by atoms with Crippen LogP contribution in [0.4, 0.5) is 33.5 Å². The number of hydrogen-bond acceptors (Lipinski definition) is 10. The fourth-order valence-corrected chi connectivity index (χ4v) is 5.82. The SMILES string of the molecule is O=C(Nc1nsc(Nc2ccc(Nc3nc(NC(=O)c4cccc5ccccc45)ns3)cc2)n1)c1cccc2ccccc12. The van der Waals surface area contributed by atoms with E-state index in [0.29, 0.717) is 21.4 Å². The molecule has 2 amide bonds. The van der Waals surface area contributed by atoms with Gasteiger partial charge in [0.1, 0.15) is 0 Å². The third kappa shape index (κ3) is 5.79. The Bertz CT molecular complexity index is 1980. The summed E-state index contributed by atoms with van der Waals surface area (Å²) in [5.74, 6) is -0.0780. The summed E-state index contributed by atoms with van der Waals surface area (Å²) in [6, 6.07) is 34.2. The van der Waals surface area contributed by atoms with Crippen molar-refractivity contribution in [2.24, 2.45) is 0 Å². The molecule has 44 heavy (non-hydrogen) atoms. The van der Waals surface area contributed by atoms with E-state index in [2.05, 4.69) is 40.0 Å². The van der Waals surface area contributed by atoms with Gasteiger partial charge in [-0.3, -0.25) is 20.2 Å². The molecule has 12 heteroatoms. The van der Waals surface area contributed by atoms with Crippen molar-refractivity contribution in [3.63, 3.8) is 0 Å². The van der Waals surface area contributed by atoms with Gasteiger partial charge in [0.25, 0.3) is 11.8 Å². The number of carbonyl (C=O) groups is 2. The summed E-state index contributed by atoms with van der Waals surface area (Å²) < 4.78 is 8.54. The molecule has 0 unspecified atom stereocenters. The molecule has 0 aliphatic rings. The highest BCUT2D eigenvalue weighted by Crippen LogP contribution is 2.26. The van der Waals surface area contributed by atoms with Crippen LogP contribution in [0, 0.1) is 0 Å². The summed E-state index contributed by atoms with van der Waals surface area (Å²) in [4.78, 5) is 34.6. The third-order valence-corrected chi connectivity index (χ3v) is 8.02. The molecule has 0 bridgehead atoms. The van der Waals surface area contributed by atoms with E-state index < -0.39 is 0 Å². The van der Waals surface area contributed by atoms with E-state index >= 15 is 0 Å². The highest BCUT2D eigenvalue weighted by molar-refractivity contribution is 7.10. The van der Waals surface area contributed by atoms with Gasteiger partial charge in [-0.25, -0.2) is 0 Å². The first kappa shape index (κ1) is 27.1. The molecule has 0 atom stereocenters. The summed E-state index contributed by atoms with van der Waals surface area (Å²) >= 11 is 2.29. The second kappa shape index (κ2) is 11.9. The van der Waals surface area contributed by atoms with Crippen molar-refractivity contribution in [1.29, 1.82) is 0 Å². The molecule has 2 heterocycles. The molecule has 0 saturated heterocycles.